The third kappa shape index (κ3) is 5.82. The Morgan fingerprint density at radius 3 is 2.62 bits per heavy atom. The molecule has 0 fully saturated rings. The maximum absolute atomic E-state index is 12.8. The maximum atomic E-state index is 12.8. The summed E-state index contributed by atoms with van der Waals surface area (Å²) in [5, 5.41) is 13.4. The number of hydrogen-bond acceptors (Lipinski definition) is 7. The van der Waals surface area contributed by atoms with Crippen LogP contribution in [-0.2, 0) is 35.8 Å². The molecule has 3 aromatic rings. The number of thioether (sulfide) groups is 1. The van der Waals surface area contributed by atoms with Crippen molar-refractivity contribution in [2.24, 2.45) is 7.05 Å². The first kappa shape index (κ1) is 24.8. The highest BCUT2D eigenvalue weighted by Gasteiger charge is 2.26. The number of thiophene rings is 1. The van der Waals surface area contributed by atoms with Crippen LogP contribution in [0.5, 0.6) is 0 Å². The quantitative estimate of drug-likeness (QED) is 0.337. The SMILES string of the molecule is COC(=O)c1c(NC(=O)CSc2nnc(Cc3ccc(Cl)cc3)n2C)sc2c1CCCCCC2. The Labute approximate surface area is 212 Å². The van der Waals surface area contributed by atoms with Crippen LogP contribution in [0, 0.1) is 0 Å². The number of ether oxygens (including phenoxy) is 1. The Morgan fingerprint density at radius 2 is 1.88 bits per heavy atom. The molecule has 4 rings (SSSR count). The second-order valence-corrected chi connectivity index (χ2v) is 10.7. The molecule has 0 radical (unpaired) electrons. The molecule has 0 saturated carbocycles. The lowest BCUT2D eigenvalue weighted by Crippen LogP contribution is -2.16. The van der Waals surface area contributed by atoms with Crippen LogP contribution in [0.15, 0.2) is 29.4 Å². The van der Waals surface area contributed by atoms with Gasteiger partial charge < -0.3 is 14.6 Å². The van der Waals surface area contributed by atoms with E-state index in [-0.39, 0.29) is 17.6 Å². The zero-order chi connectivity index (χ0) is 24.1. The smallest absolute Gasteiger partial charge is 0.341 e. The second kappa shape index (κ2) is 11.4. The number of rotatable bonds is 7. The summed E-state index contributed by atoms with van der Waals surface area (Å²) in [5.41, 5.74) is 2.64. The lowest BCUT2D eigenvalue weighted by molar-refractivity contribution is -0.113. The van der Waals surface area contributed by atoms with Crippen molar-refractivity contribution in [1.29, 1.82) is 0 Å². The predicted molar refractivity (Wildman–Crippen MR) is 136 cm³/mol. The highest BCUT2D eigenvalue weighted by atomic mass is 35.5. The van der Waals surface area contributed by atoms with Crippen LogP contribution in [-0.4, -0.2) is 39.5 Å². The van der Waals surface area contributed by atoms with Gasteiger partial charge in [-0.15, -0.1) is 21.5 Å². The maximum Gasteiger partial charge on any atom is 0.341 e. The first-order valence-electron chi connectivity index (χ1n) is 11.2. The molecule has 0 aliphatic heterocycles. The van der Waals surface area contributed by atoms with Crippen LogP contribution in [0.25, 0.3) is 0 Å². The zero-order valence-corrected chi connectivity index (χ0v) is 21.6. The molecule has 180 valence electrons. The summed E-state index contributed by atoms with van der Waals surface area (Å²) in [6.07, 6.45) is 6.90. The van der Waals surface area contributed by atoms with Crippen LogP contribution in [0.2, 0.25) is 5.02 Å². The first-order valence-corrected chi connectivity index (χ1v) is 13.4. The molecule has 2 heterocycles. The van der Waals surface area contributed by atoms with E-state index in [1.807, 2.05) is 35.9 Å². The van der Waals surface area contributed by atoms with E-state index in [0.717, 1.165) is 49.1 Å². The van der Waals surface area contributed by atoms with Crippen LogP contribution in [0.3, 0.4) is 0 Å². The third-order valence-corrected chi connectivity index (χ3v) is 8.33. The molecule has 1 amide bonds. The van der Waals surface area contributed by atoms with Gasteiger partial charge in [0.25, 0.3) is 0 Å². The number of nitrogens with one attached hydrogen (secondary N) is 1. The fraction of sp³-hybridized carbons (Fsp3) is 0.417. The number of carbonyl (C=O) groups excluding carboxylic acids is 2. The summed E-state index contributed by atoms with van der Waals surface area (Å²) in [5.74, 6) is 0.389. The molecule has 1 aromatic carbocycles. The van der Waals surface area contributed by atoms with E-state index >= 15 is 0 Å². The summed E-state index contributed by atoms with van der Waals surface area (Å²) >= 11 is 8.78. The monoisotopic (exact) mass is 518 g/mol. The van der Waals surface area contributed by atoms with E-state index < -0.39 is 0 Å². The van der Waals surface area contributed by atoms with E-state index in [0.29, 0.717) is 27.2 Å². The van der Waals surface area contributed by atoms with Crippen LogP contribution in [0.1, 0.15) is 57.9 Å². The molecule has 2 aromatic heterocycles. The number of methoxy groups -OCH3 is 1. The minimum Gasteiger partial charge on any atom is -0.465 e. The van der Waals surface area contributed by atoms with Crippen LogP contribution >= 0.6 is 34.7 Å². The number of halogens is 1. The summed E-state index contributed by atoms with van der Waals surface area (Å²) < 4.78 is 6.93. The van der Waals surface area contributed by atoms with Gasteiger partial charge in [-0.1, -0.05) is 48.3 Å². The minimum absolute atomic E-state index is 0.163. The number of carbonyl (C=O) groups is 2. The molecule has 0 saturated heterocycles. The van der Waals surface area contributed by atoms with Crippen molar-refractivity contribution in [3.8, 4) is 0 Å². The molecule has 1 aliphatic rings. The van der Waals surface area contributed by atoms with Gasteiger partial charge in [-0.05, 0) is 48.9 Å². The number of fused-ring (bicyclic) bond motifs is 1. The summed E-state index contributed by atoms with van der Waals surface area (Å²) in [6.45, 7) is 0. The predicted octanol–water partition coefficient (Wildman–Crippen LogP) is 5.30. The molecule has 0 bridgehead atoms. The Bertz CT molecular complexity index is 1170. The van der Waals surface area contributed by atoms with Gasteiger partial charge in [-0.3, -0.25) is 4.79 Å². The molecule has 0 unspecified atom stereocenters. The summed E-state index contributed by atoms with van der Waals surface area (Å²) in [7, 11) is 3.27. The average molecular weight is 519 g/mol. The number of esters is 1. The molecule has 7 nitrogen and oxygen atoms in total. The Balaban J connectivity index is 1.42. The van der Waals surface area contributed by atoms with Gasteiger partial charge in [0.2, 0.25) is 5.91 Å². The highest BCUT2D eigenvalue weighted by molar-refractivity contribution is 7.99. The fourth-order valence-corrected chi connectivity index (χ4v) is 6.18. The van der Waals surface area contributed by atoms with Gasteiger partial charge in [0.15, 0.2) is 5.16 Å². The average Bonchev–Trinajstić information content (AvgIpc) is 3.32. The van der Waals surface area contributed by atoms with Crippen molar-refractivity contribution in [2.45, 2.75) is 50.1 Å². The molecule has 1 aliphatic carbocycles. The molecular formula is C24H27ClN4O3S2. The largest absolute Gasteiger partial charge is 0.465 e. The van der Waals surface area contributed by atoms with E-state index in [2.05, 4.69) is 15.5 Å². The Hall–Kier alpha value is -2.36. The third-order valence-electron chi connectivity index (χ3n) is 5.85. The van der Waals surface area contributed by atoms with Crippen LogP contribution in [0.4, 0.5) is 5.00 Å². The second-order valence-electron chi connectivity index (χ2n) is 8.21. The first-order chi connectivity index (χ1) is 16.5. The lowest BCUT2D eigenvalue weighted by atomic mass is 9.96. The van der Waals surface area contributed by atoms with E-state index in [4.69, 9.17) is 16.3 Å². The topological polar surface area (TPSA) is 86.1 Å². The number of nitrogens with zero attached hydrogens (tertiary/aromatic N) is 3. The van der Waals surface area contributed by atoms with Gasteiger partial charge in [0, 0.05) is 23.4 Å². The number of anilines is 1. The Morgan fingerprint density at radius 1 is 1.15 bits per heavy atom. The molecule has 1 N–H and O–H groups in total. The number of amides is 1. The van der Waals surface area contributed by atoms with E-state index in [1.165, 1.54) is 41.5 Å². The van der Waals surface area contributed by atoms with Crippen molar-refractivity contribution in [1.82, 2.24) is 14.8 Å². The van der Waals surface area contributed by atoms with Crippen molar-refractivity contribution in [3.63, 3.8) is 0 Å². The zero-order valence-electron chi connectivity index (χ0n) is 19.2. The summed E-state index contributed by atoms with van der Waals surface area (Å²) in [6, 6.07) is 7.62. The number of hydrogen-bond donors (Lipinski definition) is 1. The molecular weight excluding hydrogens is 492 g/mol. The van der Waals surface area contributed by atoms with Gasteiger partial charge >= 0.3 is 5.97 Å². The van der Waals surface area contributed by atoms with Crippen molar-refractivity contribution in [3.05, 3.63) is 56.7 Å². The molecule has 34 heavy (non-hydrogen) atoms. The van der Waals surface area contributed by atoms with Crippen molar-refractivity contribution < 1.29 is 14.3 Å². The van der Waals surface area contributed by atoms with Crippen molar-refractivity contribution in [2.75, 3.05) is 18.2 Å². The van der Waals surface area contributed by atoms with E-state index in [1.54, 1.807) is 0 Å². The molecule has 0 atom stereocenters. The number of aromatic nitrogens is 3. The van der Waals surface area contributed by atoms with Gasteiger partial charge in [0.05, 0.1) is 18.4 Å². The fourth-order valence-electron chi connectivity index (χ4n) is 4.03. The van der Waals surface area contributed by atoms with Gasteiger partial charge in [-0.25, -0.2) is 4.79 Å². The van der Waals surface area contributed by atoms with E-state index in [9.17, 15) is 9.59 Å². The molecule has 10 heteroatoms. The molecule has 0 spiro atoms. The normalized spacial score (nSPS) is 13.6. The number of aryl methyl sites for hydroxylation is 1. The number of benzene rings is 1. The van der Waals surface area contributed by atoms with Crippen molar-refractivity contribution >= 4 is 51.6 Å². The van der Waals surface area contributed by atoms with Gasteiger partial charge in [-0.2, -0.15) is 0 Å². The summed E-state index contributed by atoms with van der Waals surface area (Å²) in [4.78, 5) is 26.5. The lowest BCUT2D eigenvalue weighted by Gasteiger charge is -2.11. The standard InChI is InChI=1S/C24H27ClN4O3S2/c1-29-19(13-15-9-11-16(25)12-10-15)27-28-24(29)33-14-20(30)26-22-21(23(31)32-2)17-7-5-3-4-6-8-18(17)34-22/h9-12H,3-8,13-14H2,1-2H3,(H,26,30). The highest BCUT2D eigenvalue weighted by Crippen LogP contribution is 2.37. The van der Waals surface area contributed by atoms with Crippen LogP contribution < -0.4 is 5.32 Å². The Kier molecular flexibility index (Phi) is 8.28. The minimum atomic E-state index is -0.388. The van der Waals surface area contributed by atoms with Gasteiger partial charge in [0.1, 0.15) is 10.8 Å².